The van der Waals surface area contributed by atoms with Gasteiger partial charge in [0.15, 0.2) is 0 Å². The Hall–Kier alpha value is -1.09. The predicted molar refractivity (Wildman–Crippen MR) is 55.1 cm³/mol. The summed E-state index contributed by atoms with van der Waals surface area (Å²) in [5.41, 5.74) is 5.31. The number of methoxy groups -OCH3 is 1. The zero-order valence-electron chi connectivity index (χ0n) is 8.75. The van der Waals surface area contributed by atoms with Gasteiger partial charge in [0.25, 0.3) is 0 Å². The summed E-state index contributed by atoms with van der Waals surface area (Å²) in [5.74, 6) is 0.540. The van der Waals surface area contributed by atoms with Crippen molar-refractivity contribution in [2.24, 2.45) is 5.73 Å². The van der Waals surface area contributed by atoms with Crippen molar-refractivity contribution in [1.82, 2.24) is 0 Å². The lowest BCUT2D eigenvalue weighted by Gasteiger charge is -2.25. The van der Waals surface area contributed by atoms with Gasteiger partial charge in [-0.25, -0.2) is 4.39 Å². The average Bonchev–Trinajstić information content (AvgIpc) is 2.15. The minimum absolute atomic E-state index is 0.502. The lowest BCUT2D eigenvalue weighted by molar-refractivity contribution is 0.217. The lowest BCUT2D eigenvalue weighted by atomic mass is 9.93. The zero-order chi connectivity index (χ0) is 10.8. The molecule has 2 N–H and O–H groups in total. The van der Waals surface area contributed by atoms with Crippen LogP contribution in [-0.2, 0) is 0 Å². The fourth-order valence-corrected chi connectivity index (χ4v) is 1.28. The minimum atomic E-state index is -1.22. The molecule has 0 aliphatic heterocycles. The van der Waals surface area contributed by atoms with Crippen LogP contribution >= 0.6 is 0 Å². The van der Waals surface area contributed by atoms with Crippen molar-refractivity contribution in [2.75, 3.05) is 7.11 Å². The highest BCUT2D eigenvalue weighted by atomic mass is 19.1. The molecule has 0 saturated carbocycles. The van der Waals surface area contributed by atoms with Crippen LogP contribution in [0.25, 0.3) is 0 Å². The van der Waals surface area contributed by atoms with Crippen molar-refractivity contribution < 1.29 is 9.13 Å². The molecule has 0 aliphatic carbocycles. The summed E-state index contributed by atoms with van der Waals surface area (Å²) in [4.78, 5) is 0. The van der Waals surface area contributed by atoms with Crippen LogP contribution in [0.4, 0.5) is 4.39 Å². The number of hydrogen-bond donors (Lipinski definition) is 1. The van der Waals surface area contributed by atoms with Gasteiger partial charge in [0.05, 0.1) is 7.11 Å². The average molecular weight is 197 g/mol. The highest BCUT2D eigenvalue weighted by Crippen LogP contribution is 2.33. The Bertz CT molecular complexity index is 306. The van der Waals surface area contributed by atoms with Gasteiger partial charge in [-0.2, -0.15) is 0 Å². The molecule has 2 nitrogen and oxygen atoms in total. The monoisotopic (exact) mass is 197 g/mol. The summed E-state index contributed by atoms with van der Waals surface area (Å²) in [6.45, 7) is 3.31. The standard InChI is InChI=1S/C11H16FNO/c1-11(2,13)10(12)8-6-4-5-7-9(8)14-3/h4-7,10H,13H2,1-3H3. The maximum atomic E-state index is 13.9. The highest BCUT2D eigenvalue weighted by molar-refractivity contribution is 5.36. The summed E-state index contributed by atoms with van der Waals surface area (Å²) < 4.78 is 19.0. The molecule has 1 aromatic carbocycles. The molecule has 0 spiro atoms. The molecule has 1 rings (SSSR count). The normalized spacial score (nSPS) is 13.8. The summed E-state index contributed by atoms with van der Waals surface area (Å²) in [5, 5.41) is 0. The molecule has 0 aliphatic rings. The zero-order valence-corrected chi connectivity index (χ0v) is 8.75. The number of hydrogen-bond acceptors (Lipinski definition) is 2. The summed E-state index contributed by atoms with van der Waals surface area (Å²) in [6, 6.07) is 7.00. The van der Waals surface area contributed by atoms with Crippen LogP contribution in [0, 0.1) is 0 Å². The van der Waals surface area contributed by atoms with E-state index in [9.17, 15) is 4.39 Å². The van der Waals surface area contributed by atoms with Crippen LogP contribution in [0.15, 0.2) is 24.3 Å². The van der Waals surface area contributed by atoms with E-state index in [-0.39, 0.29) is 0 Å². The number of alkyl halides is 1. The van der Waals surface area contributed by atoms with Gasteiger partial charge in [0, 0.05) is 11.1 Å². The second kappa shape index (κ2) is 3.96. The van der Waals surface area contributed by atoms with E-state index >= 15 is 0 Å². The van der Waals surface area contributed by atoms with Crippen LogP contribution in [0.1, 0.15) is 25.6 Å². The molecule has 14 heavy (non-hydrogen) atoms. The van der Waals surface area contributed by atoms with E-state index in [1.807, 2.05) is 0 Å². The number of nitrogens with two attached hydrogens (primary N) is 1. The molecule has 3 heteroatoms. The Balaban J connectivity index is 3.06. The Morgan fingerprint density at radius 3 is 2.43 bits per heavy atom. The molecule has 1 aromatic rings. The van der Waals surface area contributed by atoms with Gasteiger partial charge in [-0.3, -0.25) is 0 Å². The van der Waals surface area contributed by atoms with Gasteiger partial charge in [-0.1, -0.05) is 18.2 Å². The second-order valence-corrected chi connectivity index (χ2v) is 3.93. The van der Waals surface area contributed by atoms with E-state index in [0.29, 0.717) is 11.3 Å². The molecular formula is C11H16FNO. The molecule has 0 fully saturated rings. The van der Waals surface area contributed by atoms with Crippen molar-refractivity contribution in [2.45, 2.75) is 25.6 Å². The molecule has 0 bridgehead atoms. The van der Waals surface area contributed by atoms with Crippen LogP contribution in [-0.4, -0.2) is 12.6 Å². The molecule has 1 atom stereocenters. The third kappa shape index (κ3) is 2.23. The van der Waals surface area contributed by atoms with Gasteiger partial charge < -0.3 is 10.5 Å². The van der Waals surface area contributed by atoms with E-state index in [1.165, 1.54) is 7.11 Å². The third-order valence-corrected chi connectivity index (χ3v) is 2.07. The molecular weight excluding hydrogens is 181 g/mol. The summed E-state index contributed by atoms with van der Waals surface area (Å²) in [7, 11) is 1.52. The second-order valence-electron chi connectivity index (χ2n) is 3.93. The fraction of sp³-hybridized carbons (Fsp3) is 0.455. The Morgan fingerprint density at radius 1 is 1.36 bits per heavy atom. The van der Waals surface area contributed by atoms with Crippen LogP contribution < -0.4 is 10.5 Å². The maximum absolute atomic E-state index is 13.9. The first kappa shape index (κ1) is 11.0. The first-order chi connectivity index (χ1) is 6.46. The highest BCUT2D eigenvalue weighted by Gasteiger charge is 2.28. The Labute approximate surface area is 83.9 Å². The third-order valence-electron chi connectivity index (χ3n) is 2.07. The van der Waals surface area contributed by atoms with Crippen molar-refractivity contribution in [3.05, 3.63) is 29.8 Å². The molecule has 1 unspecified atom stereocenters. The number of ether oxygens (including phenoxy) is 1. The maximum Gasteiger partial charge on any atom is 0.146 e. The van der Waals surface area contributed by atoms with Gasteiger partial charge in [0.2, 0.25) is 0 Å². The largest absolute Gasteiger partial charge is 0.496 e. The van der Waals surface area contributed by atoms with Crippen molar-refractivity contribution in [3.8, 4) is 5.75 Å². The summed E-state index contributed by atoms with van der Waals surface area (Å²) >= 11 is 0. The van der Waals surface area contributed by atoms with E-state index in [1.54, 1.807) is 38.1 Å². The van der Waals surface area contributed by atoms with E-state index in [2.05, 4.69) is 0 Å². The molecule has 0 saturated heterocycles. The van der Waals surface area contributed by atoms with Gasteiger partial charge >= 0.3 is 0 Å². The van der Waals surface area contributed by atoms with Crippen molar-refractivity contribution in [3.63, 3.8) is 0 Å². The molecule has 0 amide bonds. The molecule has 0 radical (unpaired) electrons. The fourth-order valence-electron chi connectivity index (χ4n) is 1.28. The minimum Gasteiger partial charge on any atom is -0.496 e. The van der Waals surface area contributed by atoms with Crippen molar-refractivity contribution in [1.29, 1.82) is 0 Å². The van der Waals surface area contributed by atoms with Gasteiger partial charge in [-0.05, 0) is 19.9 Å². The SMILES string of the molecule is COc1ccccc1C(F)C(C)(C)N. The number of rotatable bonds is 3. The van der Waals surface area contributed by atoms with Crippen LogP contribution in [0.2, 0.25) is 0 Å². The van der Waals surface area contributed by atoms with E-state index in [4.69, 9.17) is 10.5 Å². The molecule has 0 heterocycles. The Morgan fingerprint density at radius 2 is 1.93 bits per heavy atom. The lowest BCUT2D eigenvalue weighted by Crippen LogP contribution is -2.37. The van der Waals surface area contributed by atoms with Crippen LogP contribution in [0.3, 0.4) is 0 Å². The summed E-state index contributed by atoms with van der Waals surface area (Å²) in [6.07, 6.45) is -1.22. The van der Waals surface area contributed by atoms with Crippen molar-refractivity contribution >= 4 is 0 Å². The number of halogens is 1. The Kier molecular flexibility index (Phi) is 3.11. The molecule has 0 aromatic heterocycles. The van der Waals surface area contributed by atoms with E-state index in [0.717, 1.165) is 0 Å². The topological polar surface area (TPSA) is 35.2 Å². The number of benzene rings is 1. The molecule has 78 valence electrons. The van der Waals surface area contributed by atoms with E-state index < -0.39 is 11.7 Å². The quantitative estimate of drug-likeness (QED) is 0.807. The van der Waals surface area contributed by atoms with Crippen LogP contribution in [0.5, 0.6) is 5.75 Å². The predicted octanol–water partition coefficient (Wildman–Crippen LogP) is 2.44. The number of para-hydroxylation sites is 1. The smallest absolute Gasteiger partial charge is 0.146 e. The first-order valence-electron chi connectivity index (χ1n) is 4.52. The van der Waals surface area contributed by atoms with Gasteiger partial charge in [-0.15, -0.1) is 0 Å². The van der Waals surface area contributed by atoms with Gasteiger partial charge in [0.1, 0.15) is 11.9 Å². The first-order valence-corrected chi connectivity index (χ1v) is 4.52.